The summed E-state index contributed by atoms with van der Waals surface area (Å²) in [5, 5.41) is -0.232. The molecular weight excluding hydrogens is 259 g/mol. The first kappa shape index (κ1) is 12.6. The van der Waals surface area contributed by atoms with Crippen molar-refractivity contribution in [1.29, 1.82) is 0 Å². The molecule has 0 fully saturated rings. The van der Waals surface area contributed by atoms with Gasteiger partial charge in [0.05, 0.1) is 14.2 Å². The summed E-state index contributed by atoms with van der Waals surface area (Å²) in [4.78, 5) is 7.46. The Morgan fingerprint density at radius 2 is 1.94 bits per heavy atom. The molecule has 0 aliphatic heterocycles. The molecule has 0 aliphatic carbocycles. The van der Waals surface area contributed by atoms with Gasteiger partial charge in [0.2, 0.25) is 0 Å². The van der Waals surface area contributed by atoms with Crippen LogP contribution in [0.4, 0.5) is 4.39 Å². The summed E-state index contributed by atoms with van der Waals surface area (Å²) in [5.74, 6) is 0.198. The van der Waals surface area contributed by atoms with Crippen LogP contribution in [-0.4, -0.2) is 24.2 Å². The molecule has 0 N–H and O–H groups in total. The van der Waals surface area contributed by atoms with Crippen molar-refractivity contribution in [3.05, 3.63) is 35.5 Å². The molecule has 1 aromatic carbocycles. The van der Waals surface area contributed by atoms with Crippen molar-refractivity contribution in [3.8, 4) is 22.8 Å². The van der Waals surface area contributed by atoms with Crippen LogP contribution in [0.3, 0.4) is 0 Å². The highest BCUT2D eigenvalue weighted by atomic mass is 35.5. The lowest BCUT2D eigenvalue weighted by molar-refractivity contribution is 0.356. The Balaban J connectivity index is 2.67. The summed E-state index contributed by atoms with van der Waals surface area (Å²) in [6.07, 6.45) is 1.19. The smallest absolute Gasteiger partial charge is 0.186 e. The molecule has 1 heterocycles. The van der Waals surface area contributed by atoms with Gasteiger partial charge in [0.15, 0.2) is 22.5 Å². The predicted molar refractivity (Wildman–Crippen MR) is 65.5 cm³/mol. The number of hydrogen-bond donors (Lipinski definition) is 0. The molecular formula is C12H10ClFN2O2. The lowest BCUT2D eigenvalue weighted by Gasteiger charge is -2.12. The molecule has 0 atom stereocenters. The summed E-state index contributed by atoms with van der Waals surface area (Å²) in [6.45, 7) is 0. The van der Waals surface area contributed by atoms with Crippen LogP contribution in [0.25, 0.3) is 11.3 Å². The number of halogens is 2. The molecule has 0 bridgehead atoms. The summed E-state index contributed by atoms with van der Waals surface area (Å²) in [7, 11) is 2.98. The summed E-state index contributed by atoms with van der Waals surface area (Å²) < 4.78 is 24.3. The average Bonchev–Trinajstić information content (AvgIpc) is 2.41. The van der Waals surface area contributed by atoms with Crippen molar-refractivity contribution in [2.24, 2.45) is 0 Å². The van der Waals surface area contributed by atoms with E-state index in [1.807, 2.05) is 0 Å². The number of aromatic nitrogens is 2. The third kappa shape index (κ3) is 2.09. The molecule has 6 heteroatoms. The van der Waals surface area contributed by atoms with Gasteiger partial charge in [0.1, 0.15) is 12.0 Å². The van der Waals surface area contributed by atoms with Crippen LogP contribution in [-0.2, 0) is 0 Å². The van der Waals surface area contributed by atoms with E-state index in [-0.39, 0.29) is 10.8 Å². The summed E-state index contributed by atoms with van der Waals surface area (Å²) in [5.41, 5.74) is 0.532. The number of rotatable bonds is 3. The SMILES string of the molecule is COc1cccc(-c2ncnc(Cl)c2F)c1OC. The van der Waals surface area contributed by atoms with Gasteiger partial charge in [0, 0.05) is 5.56 Å². The molecule has 1 aromatic heterocycles. The minimum Gasteiger partial charge on any atom is -0.493 e. The van der Waals surface area contributed by atoms with Crippen molar-refractivity contribution in [2.75, 3.05) is 14.2 Å². The van der Waals surface area contributed by atoms with Gasteiger partial charge in [-0.15, -0.1) is 0 Å². The van der Waals surface area contributed by atoms with Crippen LogP contribution in [0.1, 0.15) is 0 Å². The zero-order valence-corrected chi connectivity index (χ0v) is 10.5. The highest BCUT2D eigenvalue weighted by molar-refractivity contribution is 6.29. The lowest BCUT2D eigenvalue weighted by atomic mass is 10.1. The molecule has 0 amide bonds. The number of para-hydroxylation sites is 1. The van der Waals surface area contributed by atoms with Crippen LogP contribution in [0.15, 0.2) is 24.5 Å². The molecule has 0 saturated heterocycles. The van der Waals surface area contributed by atoms with Crippen molar-refractivity contribution in [3.63, 3.8) is 0 Å². The average molecular weight is 269 g/mol. The van der Waals surface area contributed by atoms with E-state index in [0.29, 0.717) is 17.1 Å². The van der Waals surface area contributed by atoms with Gasteiger partial charge in [-0.05, 0) is 12.1 Å². The van der Waals surface area contributed by atoms with Gasteiger partial charge >= 0.3 is 0 Å². The molecule has 18 heavy (non-hydrogen) atoms. The Kier molecular flexibility index (Phi) is 3.62. The van der Waals surface area contributed by atoms with Crippen molar-refractivity contribution in [1.82, 2.24) is 9.97 Å². The first-order valence-corrected chi connectivity index (χ1v) is 5.44. The fourth-order valence-corrected chi connectivity index (χ4v) is 1.74. The third-order valence-corrected chi connectivity index (χ3v) is 2.67. The molecule has 94 valence electrons. The number of methoxy groups -OCH3 is 2. The molecule has 0 saturated carbocycles. The zero-order chi connectivity index (χ0) is 13.1. The second-order valence-corrected chi connectivity index (χ2v) is 3.73. The van der Waals surface area contributed by atoms with E-state index in [1.54, 1.807) is 18.2 Å². The Bertz CT molecular complexity index is 578. The van der Waals surface area contributed by atoms with Gasteiger partial charge in [-0.1, -0.05) is 17.7 Å². The van der Waals surface area contributed by atoms with Gasteiger partial charge in [-0.2, -0.15) is 0 Å². The van der Waals surface area contributed by atoms with Crippen LogP contribution in [0.5, 0.6) is 11.5 Å². The third-order valence-electron chi connectivity index (χ3n) is 2.41. The van der Waals surface area contributed by atoms with Crippen LogP contribution in [0, 0.1) is 5.82 Å². The quantitative estimate of drug-likeness (QED) is 0.803. The number of nitrogens with zero attached hydrogens (tertiary/aromatic N) is 2. The van der Waals surface area contributed by atoms with E-state index < -0.39 is 5.82 Å². The van der Waals surface area contributed by atoms with E-state index in [2.05, 4.69) is 9.97 Å². The van der Waals surface area contributed by atoms with E-state index in [4.69, 9.17) is 21.1 Å². The van der Waals surface area contributed by atoms with Crippen LogP contribution < -0.4 is 9.47 Å². The maximum Gasteiger partial charge on any atom is 0.186 e. The number of hydrogen-bond acceptors (Lipinski definition) is 4. The number of ether oxygens (including phenoxy) is 2. The molecule has 0 unspecified atom stereocenters. The van der Waals surface area contributed by atoms with Gasteiger partial charge in [0.25, 0.3) is 0 Å². The zero-order valence-electron chi connectivity index (χ0n) is 9.78. The predicted octanol–water partition coefficient (Wildman–Crippen LogP) is 2.95. The Hall–Kier alpha value is -1.88. The van der Waals surface area contributed by atoms with Gasteiger partial charge in [-0.25, -0.2) is 14.4 Å². The van der Waals surface area contributed by atoms with Crippen molar-refractivity contribution in [2.45, 2.75) is 0 Å². The molecule has 2 rings (SSSR count). The Morgan fingerprint density at radius 1 is 1.17 bits per heavy atom. The minimum atomic E-state index is -0.689. The Labute approximate surface area is 108 Å². The second-order valence-electron chi connectivity index (χ2n) is 3.37. The maximum absolute atomic E-state index is 13.9. The van der Waals surface area contributed by atoms with Gasteiger partial charge < -0.3 is 9.47 Å². The largest absolute Gasteiger partial charge is 0.493 e. The molecule has 0 aliphatic rings. The van der Waals surface area contributed by atoms with E-state index in [0.717, 1.165) is 0 Å². The highest BCUT2D eigenvalue weighted by Crippen LogP contribution is 2.38. The van der Waals surface area contributed by atoms with Crippen LogP contribution in [0.2, 0.25) is 5.15 Å². The van der Waals surface area contributed by atoms with Gasteiger partial charge in [-0.3, -0.25) is 0 Å². The van der Waals surface area contributed by atoms with Crippen molar-refractivity contribution >= 4 is 11.6 Å². The number of benzene rings is 1. The summed E-state index contributed by atoms with van der Waals surface area (Å²) >= 11 is 5.63. The highest BCUT2D eigenvalue weighted by Gasteiger charge is 2.18. The fourth-order valence-electron chi connectivity index (χ4n) is 1.61. The van der Waals surface area contributed by atoms with E-state index in [1.165, 1.54) is 20.5 Å². The summed E-state index contributed by atoms with van der Waals surface area (Å²) in [6, 6.07) is 5.10. The Morgan fingerprint density at radius 3 is 2.61 bits per heavy atom. The van der Waals surface area contributed by atoms with E-state index in [9.17, 15) is 4.39 Å². The standard InChI is InChI=1S/C12H10ClFN2O2/c1-17-8-5-3-4-7(11(8)18-2)10-9(14)12(13)16-6-15-10/h3-6H,1-2H3. The first-order valence-electron chi connectivity index (χ1n) is 5.06. The molecule has 4 nitrogen and oxygen atoms in total. The normalized spacial score (nSPS) is 10.2. The van der Waals surface area contributed by atoms with E-state index >= 15 is 0 Å². The monoisotopic (exact) mass is 268 g/mol. The van der Waals surface area contributed by atoms with Crippen molar-refractivity contribution < 1.29 is 13.9 Å². The fraction of sp³-hybridized carbons (Fsp3) is 0.167. The second kappa shape index (κ2) is 5.18. The minimum absolute atomic E-state index is 0.0748. The topological polar surface area (TPSA) is 44.2 Å². The lowest BCUT2D eigenvalue weighted by Crippen LogP contribution is -1.97. The molecule has 0 radical (unpaired) electrons. The maximum atomic E-state index is 13.9. The molecule has 2 aromatic rings. The molecule has 0 spiro atoms. The first-order chi connectivity index (χ1) is 8.69. The van der Waals surface area contributed by atoms with Crippen LogP contribution >= 0.6 is 11.6 Å².